The predicted octanol–water partition coefficient (Wildman–Crippen LogP) is 4.43. The number of imidazole rings is 1. The molecule has 212 valence electrons. The molecule has 2 fully saturated rings. The van der Waals surface area contributed by atoms with E-state index in [1.54, 1.807) is 35.2 Å². The lowest BCUT2D eigenvalue weighted by atomic mass is 9.74. The van der Waals surface area contributed by atoms with Crippen LogP contribution >= 0.6 is 0 Å². The number of rotatable bonds is 5. The zero-order chi connectivity index (χ0) is 28.7. The summed E-state index contributed by atoms with van der Waals surface area (Å²) >= 11 is 0. The number of benzene rings is 1. The first-order chi connectivity index (χ1) is 19.8. The van der Waals surface area contributed by atoms with Crippen LogP contribution in [-0.2, 0) is 16.6 Å². The molecule has 0 spiro atoms. The van der Waals surface area contributed by atoms with E-state index in [-0.39, 0.29) is 29.1 Å². The molecule has 4 heterocycles. The molecule has 41 heavy (non-hydrogen) atoms. The molecule has 1 aliphatic heterocycles. The van der Waals surface area contributed by atoms with Gasteiger partial charge in [0.1, 0.15) is 17.5 Å². The van der Waals surface area contributed by atoms with Gasteiger partial charge in [0.2, 0.25) is 0 Å². The monoisotopic (exact) mass is 558 g/mol. The summed E-state index contributed by atoms with van der Waals surface area (Å²) in [6.45, 7) is 2.75. The van der Waals surface area contributed by atoms with Crippen molar-refractivity contribution in [2.24, 2.45) is 11.7 Å². The van der Waals surface area contributed by atoms with Crippen molar-refractivity contribution in [1.29, 1.82) is 5.26 Å². The zero-order valence-corrected chi connectivity index (χ0v) is 22.8. The van der Waals surface area contributed by atoms with E-state index in [2.05, 4.69) is 21.1 Å². The second-order valence-electron chi connectivity index (χ2n) is 11.4. The minimum atomic E-state index is -0.979. The molecule has 0 radical (unpaired) electrons. The Labute approximate surface area is 236 Å². The van der Waals surface area contributed by atoms with Gasteiger partial charge in [-0.15, -0.1) is 0 Å². The molecule has 1 saturated carbocycles. The molecule has 6 rings (SSSR count). The highest BCUT2D eigenvalue weighted by Gasteiger charge is 2.36. The summed E-state index contributed by atoms with van der Waals surface area (Å²) in [4.78, 5) is 8.90. The minimum absolute atomic E-state index is 0.0758. The minimum Gasteiger partial charge on any atom is -0.391 e. The Morgan fingerprint density at radius 2 is 1.90 bits per heavy atom. The standard InChI is InChI=1S/C31H32F2N6O2/c1-18-10-19(11-26(35)30(18)40)23-4-7-36-15-20(23)12-28-37-16-22-2-3-27(38-39(22)28)29-24(32)13-21(14-25(29)33)31(17-34)5-8-41-9-6-31/h2-4,7,13-16,18-19,26,30,40H,5-6,8-12,35H2,1H3/t18-,19+,26+,30+/m0/s1. The quantitative estimate of drug-likeness (QED) is 0.372. The van der Waals surface area contributed by atoms with E-state index in [4.69, 9.17) is 10.5 Å². The first-order valence-corrected chi connectivity index (χ1v) is 14.0. The van der Waals surface area contributed by atoms with Gasteiger partial charge < -0.3 is 15.6 Å². The van der Waals surface area contributed by atoms with E-state index in [9.17, 15) is 10.4 Å². The SMILES string of the molecule is C[C@H]1C[C@@H](c2ccncc2Cc2ncc3ccc(-c4c(F)cc(C5(C#N)CCOCC5)cc4F)nn23)C[C@@H](N)[C@@H]1O. The number of hydrogen-bond acceptors (Lipinski definition) is 7. The molecule has 10 heteroatoms. The lowest BCUT2D eigenvalue weighted by Gasteiger charge is -2.36. The number of nitriles is 1. The first kappa shape index (κ1) is 27.4. The fraction of sp³-hybridized carbons (Fsp3) is 0.419. The zero-order valence-electron chi connectivity index (χ0n) is 22.8. The molecule has 1 aromatic carbocycles. The summed E-state index contributed by atoms with van der Waals surface area (Å²) in [6.07, 6.45) is 7.37. The highest BCUT2D eigenvalue weighted by Crippen LogP contribution is 2.39. The van der Waals surface area contributed by atoms with Gasteiger partial charge in [-0.1, -0.05) is 6.92 Å². The van der Waals surface area contributed by atoms with Crippen LogP contribution in [0.25, 0.3) is 16.8 Å². The van der Waals surface area contributed by atoms with Gasteiger partial charge in [-0.3, -0.25) is 4.98 Å². The van der Waals surface area contributed by atoms with Crippen LogP contribution in [0.1, 0.15) is 61.0 Å². The van der Waals surface area contributed by atoms with Gasteiger partial charge in [0.05, 0.1) is 40.6 Å². The molecule has 0 bridgehead atoms. The number of nitrogens with zero attached hydrogens (tertiary/aromatic N) is 5. The summed E-state index contributed by atoms with van der Waals surface area (Å²) in [6, 6.07) is 9.77. The van der Waals surface area contributed by atoms with Gasteiger partial charge >= 0.3 is 0 Å². The summed E-state index contributed by atoms with van der Waals surface area (Å²) in [5.74, 6) is -0.687. The van der Waals surface area contributed by atoms with Crippen molar-refractivity contribution in [2.75, 3.05) is 13.2 Å². The second kappa shape index (κ2) is 10.9. The van der Waals surface area contributed by atoms with Crippen LogP contribution in [0.3, 0.4) is 0 Å². The molecule has 4 aromatic rings. The molecule has 1 saturated heterocycles. The number of ether oxygens (including phenoxy) is 1. The number of aliphatic hydroxyl groups excluding tert-OH is 1. The summed E-state index contributed by atoms with van der Waals surface area (Å²) in [5, 5.41) is 24.8. The van der Waals surface area contributed by atoms with Gasteiger partial charge in [0.25, 0.3) is 0 Å². The highest BCUT2D eigenvalue weighted by atomic mass is 19.1. The Balaban J connectivity index is 1.34. The van der Waals surface area contributed by atoms with Crippen LogP contribution in [0.5, 0.6) is 0 Å². The normalized spacial score (nSPS) is 24.3. The van der Waals surface area contributed by atoms with Crippen LogP contribution in [0.15, 0.2) is 48.9 Å². The van der Waals surface area contributed by atoms with Gasteiger partial charge in [-0.05, 0) is 84.5 Å². The lowest BCUT2D eigenvalue weighted by molar-refractivity contribution is 0.0519. The van der Waals surface area contributed by atoms with Crippen molar-refractivity contribution in [1.82, 2.24) is 19.6 Å². The topological polar surface area (TPSA) is 122 Å². The van der Waals surface area contributed by atoms with Gasteiger partial charge in [-0.2, -0.15) is 10.4 Å². The molecule has 3 N–H and O–H groups in total. The van der Waals surface area contributed by atoms with Crippen LogP contribution < -0.4 is 5.73 Å². The van der Waals surface area contributed by atoms with Crippen molar-refractivity contribution in [3.8, 4) is 17.3 Å². The number of nitrogens with two attached hydrogens (primary N) is 1. The third-order valence-electron chi connectivity index (χ3n) is 8.83. The molecular formula is C31H32F2N6O2. The number of aromatic nitrogens is 4. The summed E-state index contributed by atoms with van der Waals surface area (Å²) in [5.41, 5.74) is 8.23. The van der Waals surface area contributed by atoms with Crippen LogP contribution in [0.4, 0.5) is 8.78 Å². The van der Waals surface area contributed by atoms with Gasteiger partial charge in [-0.25, -0.2) is 18.3 Å². The van der Waals surface area contributed by atoms with Crippen molar-refractivity contribution >= 4 is 5.52 Å². The fourth-order valence-corrected chi connectivity index (χ4v) is 6.45. The molecule has 0 unspecified atom stereocenters. The first-order valence-electron chi connectivity index (χ1n) is 14.0. The van der Waals surface area contributed by atoms with E-state index in [1.165, 1.54) is 12.1 Å². The number of fused-ring (bicyclic) bond motifs is 1. The Kier molecular flexibility index (Phi) is 7.28. The largest absolute Gasteiger partial charge is 0.391 e. The predicted molar refractivity (Wildman–Crippen MR) is 148 cm³/mol. The molecule has 8 nitrogen and oxygen atoms in total. The van der Waals surface area contributed by atoms with E-state index in [0.29, 0.717) is 55.8 Å². The summed E-state index contributed by atoms with van der Waals surface area (Å²) in [7, 11) is 0. The van der Waals surface area contributed by atoms with Crippen LogP contribution in [0, 0.1) is 28.9 Å². The maximum atomic E-state index is 15.5. The Bertz CT molecular complexity index is 1590. The molecule has 4 atom stereocenters. The molecule has 3 aromatic heterocycles. The number of hydrogen-bond donors (Lipinski definition) is 2. The number of aliphatic hydroxyl groups is 1. The highest BCUT2D eigenvalue weighted by molar-refractivity contribution is 5.64. The third kappa shape index (κ3) is 4.99. The van der Waals surface area contributed by atoms with Gasteiger partial charge in [0, 0.05) is 38.1 Å². The Morgan fingerprint density at radius 3 is 2.61 bits per heavy atom. The number of pyridine rings is 1. The van der Waals surface area contributed by atoms with Crippen molar-refractivity contribution < 1.29 is 18.6 Å². The molecule has 2 aliphatic rings. The molecular weight excluding hydrogens is 526 g/mol. The van der Waals surface area contributed by atoms with Crippen molar-refractivity contribution in [3.05, 3.63) is 83.1 Å². The van der Waals surface area contributed by atoms with Gasteiger partial charge in [0.15, 0.2) is 0 Å². The average molecular weight is 559 g/mol. The van der Waals surface area contributed by atoms with E-state index in [1.807, 2.05) is 13.0 Å². The lowest BCUT2D eigenvalue weighted by Crippen LogP contribution is -2.44. The Morgan fingerprint density at radius 1 is 1.15 bits per heavy atom. The number of halogens is 2. The van der Waals surface area contributed by atoms with Crippen LogP contribution in [-0.4, -0.2) is 50.0 Å². The van der Waals surface area contributed by atoms with Crippen molar-refractivity contribution in [3.63, 3.8) is 0 Å². The average Bonchev–Trinajstić information content (AvgIpc) is 3.37. The van der Waals surface area contributed by atoms with Crippen LogP contribution in [0.2, 0.25) is 0 Å². The maximum Gasteiger partial charge on any atom is 0.135 e. The summed E-state index contributed by atoms with van der Waals surface area (Å²) < 4.78 is 38.0. The van der Waals surface area contributed by atoms with Crippen molar-refractivity contribution in [2.45, 2.75) is 62.5 Å². The third-order valence-corrected chi connectivity index (χ3v) is 8.83. The fourth-order valence-electron chi connectivity index (χ4n) is 6.45. The second-order valence-corrected chi connectivity index (χ2v) is 11.4. The smallest absolute Gasteiger partial charge is 0.135 e. The maximum absolute atomic E-state index is 15.5. The molecule has 0 amide bonds. The van der Waals surface area contributed by atoms with E-state index >= 15 is 8.78 Å². The Hall–Kier alpha value is -3.78. The van der Waals surface area contributed by atoms with E-state index < -0.39 is 23.2 Å². The molecule has 1 aliphatic carbocycles. The van der Waals surface area contributed by atoms with E-state index in [0.717, 1.165) is 17.5 Å².